The van der Waals surface area contributed by atoms with Gasteiger partial charge < -0.3 is 5.32 Å². The van der Waals surface area contributed by atoms with Gasteiger partial charge in [0.1, 0.15) is 0 Å². The maximum atomic E-state index is 12.1. The number of nitrogens with one attached hydrogen (secondary N) is 1. The van der Waals surface area contributed by atoms with E-state index in [-0.39, 0.29) is 5.91 Å². The summed E-state index contributed by atoms with van der Waals surface area (Å²) in [6, 6.07) is 8.47. The summed E-state index contributed by atoms with van der Waals surface area (Å²) >= 11 is 6.03. The zero-order valence-electron chi connectivity index (χ0n) is 12.5. The maximum Gasteiger partial charge on any atom is 0.220 e. The highest BCUT2D eigenvalue weighted by Gasteiger charge is 2.31. The van der Waals surface area contributed by atoms with E-state index in [1.54, 1.807) is 0 Å². The van der Waals surface area contributed by atoms with Crippen molar-refractivity contribution in [2.45, 2.75) is 63.3 Å². The van der Waals surface area contributed by atoms with Crippen LogP contribution in [0.1, 0.15) is 62.8 Å². The molecular formula is C18H24ClNO. The molecule has 0 bridgehead atoms. The van der Waals surface area contributed by atoms with Crippen molar-refractivity contribution >= 4 is 17.5 Å². The predicted molar refractivity (Wildman–Crippen MR) is 86.5 cm³/mol. The fourth-order valence-corrected chi connectivity index (χ4v) is 3.91. The molecule has 2 fully saturated rings. The van der Waals surface area contributed by atoms with Gasteiger partial charge in [0.05, 0.1) is 0 Å². The Morgan fingerprint density at radius 2 is 1.95 bits per heavy atom. The Kier molecular flexibility index (Phi) is 4.84. The van der Waals surface area contributed by atoms with Gasteiger partial charge in [-0.2, -0.15) is 0 Å². The van der Waals surface area contributed by atoms with E-state index in [2.05, 4.69) is 11.4 Å². The van der Waals surface area contributed by atoms with Crippen LogP contribution in [0.15, 0.2) is 24.3 Å². The minimum Gasteiger partial charge on any atom is -0.353 e. The second-order valence-electron chi connectivity index (χ2n) is 6.70. The summed E-state index contributed by atoms with van der Waals surface area (Å²) in [5, 5.41) is 4.01. The summed E-state index contributed by atoms with van der Waals surface area (Å²) in [6.07, 6.45) is 9.27. The highest BCUT2D eigenvalue weighted by Crippen LogP contribution is 2.37. The van der Waals surface area contributed by atoms with Gasteiger partial charge in [0.15, 0.2) is 0 Å². The fraction of sp³-hybridized carbons (Fsp3) is 0.611. The van der Waals surface area contributed by atoms with Crippen LogP contribution in [-0.4, -0.2) is 11.9 Å². The molecule has 1 N–H and O–H groups in total. The normalized spacial score (nSPS) is 26.1. The van der Waals surface area contributed by atoms with Crippen molar-refractivity contribution in [3.63, 3.8) is 0 Å². The Labute approximate surface area is 132 Å². The molecule has 1 amide bonds. The summed E-state index contributed by atoms with van der Waals surface area (Å²) < 4.78 is 0. The predicted octanol–water partition coefficient (Wildman–Crippen LogP) is 4.67. The maximum absolute atomic E-state index is 12.1. The lowest BCUT2D eigenvalue weighted by Gasteiger charge is -2.36. The number of benzene rings is 1. The molecule has 0 saturated heterocycles. The Balaban J connectivity index is 1.41. The van der Waals surface area contributed by atoms with Gasteiger partial charge in [0.25, 0.3) is 0 Å². The Bertz CT molecular complexity index is 490. The van der Waals surface area contributed by atoms with Crippen molar-refractivity contribution < 1.29 is 4.79 Å². The Hall–Kier alpha value is -1.02. The summed E-state index contributed by atoms with van der Waals surface area (Å²) in [5.74, 6) is 1.45. The first-order valence-electron chi connectivity index (χ1n) is 8.25. The van der Waals surface area contributed by atoms with Gasteiger partial charge in [0.2, 0.25) is 5.91 Å². The van der Waals surface area contributed by atoms with Crippen LogP contribution >= 0.6 is 11.6 Å². The van der Waals surface area contributed by atoms with E-state index in [1.807, 2.05) is 18.2 Å². The Morgan fingerprint density at radius 3 is 2.67 bits per heavy atom. The third-order valence-electron chi connectivity index (χ3n) is 5.02. The van der Waals surface area contributed by atoms with Crippen molar-refractivity contribution in [1.29, 1.82) is 0 Å². The number of rotatable bonds is 4. The van der Waals surface area contributed by atoms with Crippen LogP contribution in [0.25, 0.3) is 0 Å². The lowest BCUT2D eigenvalue weighted by molar-refractivity contribution is -0.123. The van der Waals surface area contributed by atoms with Crippen molar-refractivity contribution in [1.82, 2.24) is 5.32 Å². The fourth-order valence-electron chi connectivity index (χ4n) is 3.71. The molecule has 114 valence electrons. The molecule has 0 aliphatic heterocycles. The summed E-state index contributed by atoms with van der Waals surface area (Å²) in [6.45, 7) is 0. The van der Waals surface area contributed by atoms with Crippen molar-refractivity contribution in [3.05, 3.63) is 34.9 Å². The zero-order valence-corrected chi connectivity index (χ0v) is 13.2. The van der Waals surface area contributed by atoms with Crippen LogP contribution in [0.5, 0.6) is 0 Å². The minimum absolute atomic E-state index is 0.261. The average molecular weight is 306 g/mol. The molecule has 21 heavy (non-hydrogen) atoms. The highest BCUT2D eigenvalue weighted by atomic mass is 35.5. The van der Waals surface area contributed by atoms with Crippen LogP contribution < -0.4 is 5.32 Å². The lowest BCUT2D eigenvalue weighted by atomic mass is 9.75. The van der Waals surface area contributed by atoms with Crippen LogP contribution in [0.4, 0.5) is 0 Å². The summed E-state index contributed by atoms with van der Waals surface area (Å²) in [5.41, 5.74) is 1.31. The summed E-state index contributed by atoms with van der Waals surface area (Å²) in [4.78, 5) is 12.1. The van der Waals surface area contributed by atoms with Crippen molar-refractivity contribution in [2.24, 2.45) is 5.92 Å². The van der Waals surface area contributed by atoms with Crippen LogP contribution in [0.3, 0.4) is 0 Å². The molecule has 1 aromatic rings. The molecule has 0 atom stereocenters. The van der Waals surface area contributed by atoms with Crippen molar-refractivity contribution in [3.8, 4) is 0 Å². The smallest absolute Gasteiger partial charge is 0.220 e. The van der Waals surface area contributed by atoms with Crippen LogP contribution in [-0.2, 0) is 4.79 Å². The Morgan fingerprint density at radius 1 is 1.19 bits per heavy atom. The number of halogens is 1. The molecule has 0 spiro atoms. The SMILES string of the molecule is O=C(CC1CCCCC1)NC1CC(c2cccc(Cl)c2)C1. The first-order chi connectivity index (χ1) is 10.2. The molecule has 0 heterocycles. The molecule has 2 aliphatic rings. The topological polar surface area (TPSA) is 29.1 Å². The van der Waals surface area contributed by atoms with Crippen LogP contribution in [0.2, 0.25) is 5.02 Å². The number of hydrogen-bond acceptors (Lipinski definition) is 1. The van der Waals surface area contributed by atoms with E-state index in [4.69, 9.17) is 11.6 Å². The molecule has 3 heteroatoms. The van der Waals surface area contributed by atoms with Gasteiger partial charge in [-0.05, 0) is 55.2 Å². The average Bonchev–Trinajstić information content (AvgIpc) is 2.43. The second-order valence-corrected chi connectivity index (χ2v) is 7.13. The van der Waals surface area contributed by atoms with Gasteiger partial charge in [-0.3, -0.25) is 4.79 Å². The van der Waals surface area contributed by atoms with Gasteiger partial charge in [-0.25, -0.2) is 0 Å². The van der Waals surface area contributed by atoms with Gasteiger partial charge in [0, 0.05) is 17.5 Å². The molecule has 3 rings (SSSR count). The van der Waals surface area contributed by atoms with Crippen molar-refractivity contribution in [2.75, 3.05) is 0 Å². The molecule has 1 aromatic carbocycles. The number of hydrogen-bond donors (Lipinski definition) is 1. The molecule has 2 aliphatic carbocycles. The quantitative estimate of drug-likeness (QED) is 0.860. The third kappa shape index (κ3) is 4.00. The number of carbonyl (C=O) groups is 1. The minimum atomic E-state index is 0.261. The molecule has 2 saturated carbocycles. The van der Waals surface area contributed by atoms with Gasteiger partial charge in [-0.1, -0.05) is 43.0 Å². The van der Waals surface area contributed by atoms with E-state index in [1.165, 1.54) is 37.7 Å². The highest BCUT2D eigenvalue weighted by molar-refractivity contribution is 6.30. The van der Waals surface area contributed by atoms with E-state index in [0.717, 1.165) is 24.3 Å². The number of amides is 1. The molecule has 0 radical (unpaired) electrons. The number of carbonyl (C=O) groups excluding carboxylic acids is 1. The van der Waals surface area contributed by atoms with E-state index in [0.29, 0.717) is 17.9 Å². The molecule has 0 aromatic heterocycles. The zero-order chi connectivity index (χ0) is 14.7. The standard InChI is InChI=1S/C18H24ClNO/c19-16-8-4-7-14(10-16)15-11-17(12-15)20-18(21)9-13-5-2-1-3-6-13/h4,7-8,10,13,15,17H,1-3,5-6,9,11-12H2,(H,20,21). The monoisotopic (exact) mass is 305 g/mol. The van der Waals surface area contributed by atoms with Crippen LogP contribution in [0, 0.1) is 5.92 Å². The molecule has 0 unspecified atom stereocenters. The summed E-state index contributed by atoms with van der Waals surface area (Å²) in [7, 11) is 0. The lowest BCUT2D eigenvalue weighted by Crippen LogP contribution is -2.43. The largest absolute Gasteiger partial charge is 0.353 e. The second kappa shape index (κ2) is 6.83. The molecule has 2 nitrogen and oxygen atoms in total. The van der Waals surface area contributed by atoms with E-state index >= 15 is 0 Å². The first kappa shape index (κ1) is 14.9. The van der Waals surface area contributed by atoms with E-state index < -0.39 is 0 Å². The molecular weight excluding hydrogens is 282 g/mol. The van der Waals surface area contributed by atoms with Gasteiger partial charge >= 0.3 is 0 Å². The third-order valence-corrected chi connectivity index (χ3v) is 5.26. The van der Waals surface area contributed by atoms with Gasteiger partial charge in [-0.15, -0.1) is 0 Å². The van der Waals surface area contributed by atoms with E-state index in [9.17, 15) is 4.79 Å². The first-order valence-corrected chi connectivity index (χ1v) is 8.63.